The van der Waals surface area contributed by atoms with Crippen molar-refractivity contribution < 1.29 is 24.2 Å². The number of allylic oxidation sites excluding steroid dienone is 4. The molecule has 3 aromatic carbocycles. The van der Waals surface area contributed by atoms with E-state index in [1.165, 1.54) is 86.3 Å². The molecule has 5 rings (SSSR count). The summed E-state index contributed by atoms with van der Waals surface area (Å²) in [6, 6.07) is 24.0. The van der Waals surface area contributed by atoms with Gasteiger partial charge in [0.2, 0.25) is 0 Å². The quantitative estimate of drug-likeness (QED) is 0.188. The maximum absolute atomic E-state index is 3.67. The van der Waals surface area contributed by atoms with E-state index in [0.29, 0.717) is 11.3 Å². The van der Waals surface area contributed by atoms with Crippen LogP contribution in [0.3, 0.4) is 0 Å². The smallest absolute Gasteiger partial charge is 0.0640 e. The van der Waals surface area contributed by atoms with E-state index >= 15 is 0 Å². The van der Waals surface area contributed by atoms with Gasteiger partial charge in [-0.2, -0.15) is 35.4 Å². The molecule has 2 aliphatic carbocycles. The summed E-state index contributed by atoms with van der Waals surface area (Å²) >= 11 is 1.46. The van der Waals surface area contributed by atoms with E-state index in [9.17, 15) is 0 Å². The second-order valence-electron chi connectivity index (χ2n) is 17.2. The zero-order chi connectivity index (χ0) is 34.7. The molecule has 0 bridgehead atoms. The van der Waals surface area contributed by atoms with Crippen LogP contribution in [-0.2, 0) is 46.9 Å². The molecule has 0 heterocycles. The van der Waals surface area contributed by atoms with Crippen molar-refractivity contribution in [3.63, 3.8) is 0 Å². The van der Waals surface area contributed by atoms with Crippen molar-refractivity contribution in [3.05, 3.63) is 117 Å². The van der Waals surface area contributed by atoms with Gasteiger partial charge in [-0.05, 0) is 28.4 Å². The fourth-order valence-corrected chi connectivity index (χ4v) is 6.44. The van der Waals surface area contributed by atoms with Crippen LogP contribution >= 0.6 is 0 Å². The first-order valence-corrected chi connectivity index (χ1v) is 18.8. The van der Waals surface area contributed by atoms with E-state index in [0.717, 1.165) is 12.8 Å². The van der Waals surface area contributed by atoms with E-state index in [4.69, 9.17) is 0 Å². The summed E-state index contributed by atoms with van der Waals surface area (Å²) in [5.74, 6) is 0.573. The Balaban J connectivity index is 0.000000200. The number of hydrogen-bond acceptors (Lipinski definition) is 0. The van der Waals surface area contributed by atoms with Crippen molar-refractivity contribution in [2.45, 2.75) is 132 Å². The molecule has 3 aromatic rings. The van der Waals surface area contributed by atoms with Crippen molar-refractivity contribution >= 4 is 3.71 Å². The van der Waals surface area contributed by atoms with Crippen molar-refractivity contribution in [1.82, 2.24) is 0 Å². The summed E-state index contributed by atoms with van der Waals surface area (Å²) in [5, 5.41) is 0. The standard InChI is InChI=1S/C21H25.C13H21.C11H14.Zr/c1-20(2,3)16-7-9-18-14(12-16)11-15-13-17(21(4,5)6)8-10-19(15)18;1-6-10-8-11(7-2)12(9-10)13(3,4)5;1-9-5-7-10(8-6-9)11(2,3)4;/h7-10,12H,11H2,1-6H3;9-10H,6-7H2,1-5H3;1,5-8H,2-4H3;/q2*-1;;+2. The maximum atomic E-state index is 3.67. The monoisotopic (exact) mass is 690 g/mol. The fourth-order valence-electron chi connectivity index (χ4n) is 5.97. The van der Waals surface area contributed by atoms with Gasteiger partial charge in [-0.3, -0.25) is 6.08 Å². The second kappa shape index (κ2) is 15.0. The molecule has 0 aliphatic heterocycles. The predicted molar refractivity (Wildman–Crippen MR) is 200 cm³/mol. The van der Waals surface area contributed by atoms with Gasteiger partial charge in [-0.25, -0.2) is 5.57 Å². The summed E-state index contributed by atoms with van der Waals surface area (Å²) in [7, 11) is 0. The third-order valence-electron chi connectivity index (χ3n) is 9.06. The Bertz CT molecular complexity index is 1490. The van der Waals surface area contributed by atoms with Gasteiger partial charge in [0, 0.05) is 0 Å². The first-order valence-electron chi connectivity index (χ1n) is 17.3. The molecule has 2 aliphatic rings. The fraction of sp³-hybridized carbons (Fsp3) is 0.489. The van der Waals surface area contributed by atoms with Gasteiger partial charge in [0.05, 0.1) is 0 Å². The van der Waals surface area contributed by atoms with Crippen LogP contribution in [0.4, 0.5) is 0 Å². The van der Waals surface area contributed by atoms with Crippen LogP contribution in [0.2, 0.25) is 0 Å². The largest absolute Gasteiger partial charge is 0.266 e. The van der Waals surface area contributed by atoms with Crippen molar-refractivity contribution in [2.75, 3.05) is 0 Å². The minimum absolute atomic E-state index is 0.167. The molecule has 244 valence electrons. The molecule has 0 amide bonds. The van der Waals surface area contributed by atoms with E-state index in [2.05, 4.69) is 173 Å². The third kappa shape index (κ3) is 9.95. The molecule has 0 aromatic heterocycles. The molecule has 1 heteroatoms. The van der Waals surface area contributed by atoms with E-state index in [1.807, 2.05) is 0 Å². The molecule has 0 radical (unpaired) electrons. The maximum Gasteiger partial charge on any atom is -0.0640 e. The van der Waals surface area contributed by atoms with E-state index < -0.39 is 0 Å². The Labute approximate surface area is 298 Å². The normalized spacial score (nSPS) is 15.9. The van der Waals surface area contributed by atoms with Crippen LogP contribution < -0.4 is 0 Å². The topological polar surface area (TPSA) is 0 Å². The number of hydrogen-bond donors (Lipinski definition) is 0. The minimum atomic E-state index is 0.167. The molecular formula is C45H60Zr. The van der Waals surface area contributed by atoms with Crippen LogP contribution in [0.15, 0.2) is 71.8 Å². The zero-order valence-corrected chi connectivity index (χ0v) is 34.0. The molecule has 46 heavy (non-hydrogen) atoms. The molecule has 0 N–H and O–H groups in total. The average Bonchev–Trinajstić information content (AvgIpc) is 3.57. The summed E-state index contributed by atoms with van der Waals surface area (Å²) in [6.07, 6.45) is 9.31. The van der Waals surface area contributed by atoms with Gasteiger partial charge in [0.1, 0.15) is 0 Å². The van der Waals surface area contributed by atoms with Gasteiger partial charge in [0.15, 0.2) is 0 Å². The summed E-state index contributed by atoms with van der Waals surface area (Å²) in [5.41, 5.74) is 15.0. The molecule has 0 spiro atoms. The molecule has 0 fully saturated rings. The third-order valence-corrected chi connectivity index (χ3v) is 9.88. The van der Waals surface area contributed by atoms with Crippen molar-refractivity contribution in [3.8, 4) is 11.1 Å². The van der Waals surface area contributed by atoms with E-state index in [1.54, 1.807) is 0 Å². The van der Waals surface area contributed by atoms with Crippen molar-refractivity contribution in [1.29, 1.82) is 0 Å². The minimum Gasteiger partial charge on any atom is -0.266 e. The summed E-state index contributed by atoms with van der Waals surface area (Å²) in [4.78, 5) is 0. The van der Waals surface area contributed by atoms with Crippen LogP contribution in [0.5, 0.6) is 0 Å². The molecule has 0 saturated carbocycles. The van der Waals surface area contributed by atoms with Crippen LogP contribution in [-0.4, -0.2) is 3.71 Å². The average molecular weight is 692 g/mol. The Morgan fingerprint density at radius 1 is 0.696 bits per heavy atom. The first kappa shape index (κ1) is 38.3. The number of benzene rings is 3. The molecule has 0 saturated heterocycles. The summed E-state index contributed by atoms with van der Waals surface area (Å²) in [6.45, 7) is 31.6. The molecule has 1 unspecified atom stereocenters. The number of fused-ring (bicyclic) bond motifs is 3. The van der Waals surface area contributed by atoms with Gasteiger partial charge < -0.3 is 0 Å². The van der Waals surface area contributed by atoms with Gasteiger partial charge in [-0.15, -0.1) is 11.1 Å². The first-order chi connectivity index (χ1) is 21.2. The van der Waals surface area contributed by atoms with Crippen LogP contribution in [0.1, 0.15) is 143 Å². The second-order valence-corrected chi connectivity index (χ2v) is 17.9. The zero-order valence-electron chi connectivity index (χ0n) is 31.5. The van der Waals surface area contributed by atoms with Crippen LogP contribution in [0.25, 0.3) is 11.1 Å². The van der Waals surface area contributed by atoms with Crippen molar-refractivity contribution in [2.24, 2.45) is 11.3 Å². The Hall–Kier alpha value is -2.11. The summed E-state index contributed by atoms with van der Waals surface area (Å²) < 4.78 is 2.21. The Kier molecular flexibility index (Phi) is 12.5. The SMILES string of the molecule is CC(C)(C)c1[c-]c2c(cc1)-c1ccc(C(C)(C)C)cc1C2.CC(C)(C)c1ccc([CH]=[Zr+2])cc1.CCC1=[C-]C(CC)C=C1C(C)(C)C. The van der Waals surface area contributed by atoms with Gasteiger partial charge >= 0.3 is 89.5 Å². The van der Waals surface area contributed by atoms with Gasteiger partial charge in [-0.1, -0.05) is 124 Å². The van der Waals surface area contributed by atoms with Gasteiger partial charge in [0.25, 0.3) is 0 Å². The number of rotatable bonds is 3. The molecule has 0 nitrogen and oxygen atoms in total. The predicted octanol–water partition coefficient (Wildman–Crippen LogP) is 12.5. The Morgan fingerprint density at radius 2 is 1.26 bits per heavy atom. The van der Waals surface area contributed by atoms with E-state index in [-0.39, 0.29) is 16.2 Å². The van der Waals surface area contributed by atoms with Crippen LogP contribution in [0, 0.1) is 23.5 Å². The Morgan fingerprint density at radius 3 is 1.72 bits per heavy atom. The molecule has 1 atom stereocenters. The molecular weight excluding hydrogens is 632 g/mol.